The molecular weight excluding hydrogens is 394 g/mol. The van der Waals surface area contributed by atoms with Crippen molar-refractivity contribution in [2.75, 3.05) is 33.3 Å². The highest BCUT2D eigenvalue weighted by atomic mass is 32.2. The Morgan fingerprint density at radius 1 is 1.10 bits per heavy atom. The van der Waals surface area contributed by atoms with Gasteiger partial charge in [-0.1, -0.05) is 5.16 Å². The average molecular weight is 415 g/mol. The van der Waals surface area contributed by atoms with Crippen molar-refractivity contribution < 1.29 is 17.7 Å². The summed E-state index contributed by atoms with van der Waals surface area (Å²) in [6.45, 7) is 2.44. The number of rotatable bonds is 6. The predicted octanol–water partition coefficient (Wildman–Crippen LogP) is 1.65. The number of hydrogen-bond acceptors (Lipinski definition) is 8. The first-order chi connectivity index (χ1) is 14.1. The Hall–Kier alpha value is -2.82. The molecule has 0 atom stereocenters. The van der Waals surface area contributed by atoms with Gasteiger partial charge in [-0.2, -0.15) is 9.29 Å². The number of ether oxygens (including phenoxy) is 1. The second kappa shape index (κ2) is 8.27. The van der Waals surface area contributed by atoms with Gasteiger partial charge in [0.1, 0.15) is 10.6 Å². The van der Waals surface area contributed by atoms with E-state index >= 15 is 0 Å². The van der Waals surface area contributed by atoms with E-state index < -0.39 is 10.0 Å². The first-order valence-electron chi connectivity index (χ1n) is 9.16. The van der Waals surface area contributed by atoms with Crippen molar-refractivity contribution in [3.8, 4) is 17.1 Å². The molecule has 0 N–H and O–H groups in total. The molecule has 1 saturated heterocycles. The largest absolute Gasteiger partial charge is 0.497 e. The van der Waals surface area contributed by atoms with Crippen molar-refractivity contribution in [2.45, 2.75) is 11.4 Å². The minimum atomic E-state index is -3.51. The van der Waals surface area contributed by atoms with Gasteiger partial charge in [0.05, 0.1) is 13.7 Å². The fourth-order valence-electron chi connectivity index (χ4n) is 3.14. The van der Waals surface area contributed by atoms with E-state index in [4.69, 9.17) is 9.26 Å². The summed E-state index contributed by atoms with van der Waals surface area (Å²) in [7, 11) is -1.90. The van der Waals surface area contributed by atoms with Crippen molar-refractivity contribution in [1.29, 1.82) is 0 Å². The minimum absolute atomic E-state index is 0.217. The summed E-state index contributed by atoms with van der Waals surface area (Å²) in [5, 5.41) is 4.03. The Balaban J connectivity index is 1.36. The molecule has 0 bridgehead atoms. The van der Waals surface area contributed by atoms with Gasteiger partial charge in [-0.15, -0.1) is 0 Å². The number of methoxy groups -OCH3 is 1. The standard InChI is InChI=1S/C19H21N5O4S/c1-27-16-6-4-15(5-7-16)19-21-18(28-22-19)14-23-9-11-24(12-10-23)29(25,26)17-3-2-8-20-13-17/h2-8,13H,9-12,14H2,1H3. The van der Waals surface area contributed by atoms with Gasteiger partial charge in [0, 0.05) is 44.1 Å². The SMILES string of the molecule is COc1ccc(-c2noc(CN3CCN(S(=O)(=O)c4cccnc4)CC3)n2)cc1. The van der Waals surface area contributed by atoms with Gasteiger partial charge < -0.3 is 9.26 Å². The third-order valence-corrected chi connectivity index (χ3v) is 6.66. The van der Waals surface area contributed by atoms with Crippen molar-refractivity contribution in [2.24, 2.45) is 0 Å². The molecule has 9 nitrogen and oxygen atoms in total. The molecule has 0 aliphatic carbocycles. The molecule has 3 heterocycles. The second-order valence-corrected chi connectivity index (χ2v) is 8.55. The molecule has 4 rings (SSSR count). The molecule has 1 aromatic carbocycles. The van der Waals surface area contributed by atoms with Gasteiger partial charge in [0.25, 0.3) is 0 Å². The molecule has 0 amide bonds. The number of sulfonamides is 1. The summed E-state index contributed by atoms with van der Waals surface area (Å²) in [5.74, 6) is 1.77. The highest BCUT2D eigenvalue weighted by Gasteiger charge is 2.29. The quantitative estimate of drug-likeness (QED) is 0.599. The number of piperazine rings is 1. The van der Waals surface area contributed by atoms with E-state index in [2.05, 4.69) is 20.0 Å². The molecule has 1 aliphatic rings. The minimum Gasteiger partial charge on any atom is -0.497 e. The Labute approximate surface area is 169 Å². The first kappa shape index (κ1) is 19.5. The summed E-state index contributed by atoms with van der Waals surface area (Å²) in [6, 6.07) is 10.6. The monoisotopic (exact) mass is 415 g/mol. The van der Waals surface area contributed by atoms with Crippen LogP contribution >= 0.6 is 0 Å². The molecule has 0 saturated carbocycles. The lowest BCUT2D eigenvalue weighted by molar-refractivity contribution is 0.163. The number of nitrogens with zero attached hydrogens (tertiary/aromatic N) is 5. The molecule has 1 aliphatic heterocycles. The summed E-state index contributed by atoms with van der Waals surface area (Å²) < 4.78 is 37.4. The van der Waals surface area contributed by atoms with Crippen molar-refractivity contribution in [3.63, 3.8) is 0 Å². The fraction of sp³-hybridized carbons (Fsp3) is 0.316. The van der Waals surface area contributed by atoms with Gasteiger partial charge >= 0.3 is 0 Å². The number of hydrogen-bond donors (Lipinski definition) is 0. The third kappa shape index (κ3) is 4.29. The molecule has 3 aromatic rings. The topological polar surface area (TPSA) is 102 Å². The van der Waals surface area contributed by atoms with Crippen LogP contribution in [0.5, 0.6) is 5.75 Å². The van der Waals surface area contributed by atoms with Crippen molar-refractivity contribution in [3.05, 3.63) is 54.7 Å². The lowest BCUT2D eigenvalue weighted by Gasteiger charge is -2.33. The van der Waals surface area contributed by atoms with E-state index in [-0.39, 0.29) is 4.90 Å². The normalized spacial score (nSPS) is 16.0. The van der Waals surface area contributed by atoms with Gasteiger partial charge in [-0.05, 0) is 36.4 Å². The van der Waals surface area contributed by atoms with E-state index in [9.17, 15) is 8.42 Å². The molecule has 1 fully saturated rings. The molecule has 29 heavy (non-hydrogen) atoms. The van der Waals surface area contributed by atoms with E-state index in [0.29, 0.717) is 44.4 Å². The van der Waals surface area contributed by atoms with E-state index in [0.717, 1.165) is 11.3 Å². The molecular formula is C19H21N5O4S. The van der Waals surface area contributed by atoms with E-state index in [1.807, 2.05) is 24.3 Å². The first-order valence-corrected chi connectivity index (χ1v) is 10.6. The number of benzene rings is 1. The predicted molar refractivity (Wildman–Crippen MR) is 105 cm³/mol. The highest BCUT2D eigenvalue weighted by Crippen LogP contribution is 2.21. The average Bonchev–Trinajstić information content (AvgIpc) is 3.23. The van der Waals surface area contributed by atoms with Crippen LogP contribution in [0, 0.1) is 0 Å². The Morgan fingerprint density at radius 3 is 2.52 bits per heavy atom. The zero-order chi connectivity index (χ0) is 20.3. The molecule has 152 valence electrons. The van der Waals surface area contributed by atoms with Crippen LogP contribution in [0.15, 0.2) is 58.2 Å². The maximum absolute atomic E-state index is 12.7. The molecule has 0 radical (unpaired) electrons. The van der Waals surface area contributed by atoms with Gasteiger partial charge in [0.15, 0.2) is 0 Å². The van der Waals surface area contributed by atoms with Gasteiger partial charge in [0.2, 0.25) is 21.7 Å². The van der Waals surface area contributed by atoms with Crippen molar-refractivity contribution >= 4 is 10.0 Å². The van der Waals surface area contributed by atoms with Gasteiger partial charge in [-0.25, -0.2) is 8.42 Å². The summed E-state index contributed by atoms with van der Waals surface area (Å²) >= 11 is 0. The zero-order valence-corrected chi connectivity index (χ0v) is 16.7. The maximum Gasteiger partial charge on any atom is 0.244 e. The van der Waals surface area contributed by atoms with Gasteiger partial charge in [-0.3, -0.25) is 9.88 Å². The van der Waals surface area contributed by atoms with Crippen LogP contribution in [-0.4, -0.2) is 66.0 Å². The summed E-state index contributed by atoms with van der Waals surface area (Å²) in [5.41, 5.74) is 0.841. The number of aromatic nitrogens is 3. The van der Waals surface area contributed by atoms with E-state index in [1.165, 1.54) is 10.5 Å². The van der Waals surface area contributed by atoms with Crippen LogP contribution in [0.4, 0.5) is 0 Å². The van der Waals surface area contributed by atoms with E-state index in [1.54, 1.807) is 25.4 Å². The molecule has 0 spiro atoms. The Bertz CT molecular complexity index is 1050. The Kier molecular flexibility index (Phi) is 5.56. The lowest BCUT2D eigenvalue weighted by Crippen LogP contribution is -2.48. The zero-order valence-electron chi connectivity index (χ0n) is 15.9. The highest BCUT2D eigenvalue weighted by molar-refractivity contribution is 7.89. The molecule has 2 aromatic heterocycles. The van der Waals surface area contributed by atoms with Crippen LogP contribution < -0.4 is 4.74 Å². The Morgan fingerprint density at radius 2 is 1.86 bits per heavy atom. The smallest absolute Gasteiger partial charge is 0.244 e. The number of pyridine rings is 1. The second-order valence-electron chi connectivity index (χ2n) is 6.61. The summed E-state index contributed by atoms with van der Waals surface area (Å²) in [6.07, 6.45) is 2.93. The molecule has 10 heteroatoms. The third-order valence-electron chi connectivity index (χ3n) is 4.78. The lowest BCUT2D eigenvalue weighted by atomic mass is 10.2. The van der Waals surface area contributed by atoms with Crippen LogP contribution in [0.1, 0.15) is 5.89 Å². The van der Waals surface area contributed by atoms with Crippen LogP contribution in [0.2, 0.25) is 0 Å². The fourth-order valence-corrected chi connectivity index (χ4v) is 4.53. The maximum atomic E-state index is 12.7. The van der Waals surface area contributed by atoms with Crippen LogP contribution in [0.3, 0.4) is 0 Å². The van der Waals surface area contributed by atoms with Crippen molar-refractivity contribution in [1.82, 2.24) is 24.3 Å². The summed E-state index contributed by atoms with van der Waals surface area (Å²) in [4.78, 5) is 10.7. The molecule has 0 unspecified atom stereocenters. The van der Waals surface area contributed by atoms with Crippen LogP contribution in [0.25, 0.3) is 11.4 Å². The van der Waals surface area contributed by atoms with Crippen LogP contribution in [-0.2, 0) is 16.6 Å².